The Balaban J connectivity index is 1.81. The van der Waals surface area contributed by atoms with Gasteiger partial charge in [-0.1, -0.05) is 50.6 Å². The normalized spacial score (nSPS) is 12.4. The van der Waals surface area contributed by atoms with Crippen LogP contribution in [-0.4, -0.2) is 53.2 Å². The Morgan fingerprint density at radius 3 is 2.44 bits per heavy atom. The number of carbonyl (C=O) groups excluding carboxylic acids is 2. The van der Waals surface area contributed by atoms with Crippen molar-refractivity contribution in [3.05, 3.63) is 74.9 Å². The number of Topliss-reactive ketones (excluding diaryl/α,β-unsaturated/α-hetero) is 1. The van der Waals surface area contributed by atoms with Crippen LogP contribution in [0, 0.1) is 11.2 Å². The van der Waals surface area contributed by atoms with E-state index in [4.69, 9.17) is 16.3 Å². The van der Waals surface area contributed by atoms with Crippen LogP contribution in [0.4, 0.5) is 10.1 Å². The molecule has 1 amide bonds. The molecule has 0 aliphatic rings. The second kappa shape index (κ2) is 13.5. The van der Waals surface area contributed by atoms with E-state index in [-0.39, 0.29) is 64.6 Å². The molecule has 0 saturated heterocycles. The van der Waals surface area contributed by atoms with Crippen LogP contribution in [0.15, 0.2) is 47.3 Å². The Hall–Kier alpha value is -3.43. The van der Waals surface area contributed by atoms with Crippen molar-refractivity contribution in [1.82, 2.24) is 14.3 Å². The Morgan fingerprint density at radius 1 is 1.17 bits per heavy atom. The minimum Gasteiger partial charge on any atom is -0.493 e. The third-order valence-corrected chi connectivity index (χ3v) is 7.26. The first-order chi connectivity index (χ1) is 19.3. The summed E-state index contributed by atoms with van der Waals surface area (Å²) in [5.41, 5.74) is 1.01. The Labute approximate surface area is 246 Å². The summed E-state index contributed by atoms with van der Waals surface area (Å²) in [6.45, 7) is 8.50. The molecule has 1 N–H and O–H groups in total. The van der Waals surface area contributed by atoms with Gasteiger partial charge in [-0.15, -0.1) is 0 Å². The van der Waals surface area contributed by atoms with Crippen molar-refractivity contribution in [2.45, 2.75) is 52.9 Å². The van der Waals surface area contributed by atoms with Crippen LogP contribution in [0.1, 0.15) is 68.9 Å². The van der Waals surface area contributed by atoms with Crippen molar-refractivity contribution in [2.24, 2.45) is 12.5 Å². The molecule has 0 saturated carbocycles. The number of amides is 1. The van der Waals surface area contributed by atoms with E-state index in [1.165, 1.54) is 6.07 Å². The van der Waals surface area contributed by atoms with Crippen LogP contribution in [-0.2, 0) is 11.8 Å². The fraction of sp³-hybridized carbons (Fsp3) is 0.452. The van der Waals surface area contributed by atoms with Crippen molar-refractivity contribution < 1.29 is 18.7 Å². The zero-order valence-electron chi connectivity index (χ0n) is 24.9. The molecule has 1 aromatic heterocycles. The Morgan fingerprint density at radius 2 is 1.83 bits per heavy atom. The lowest BCUT2D eigenvalue weighted by molar-refractivity contribution is -0.118. The zero-order chi connectivity index (χ0) is 30.5. The van der Waals surface area contributed by atoms with E-state index in [1.54, 1.807) is 16.3 Å². The number of nitrogens with one attached hydrogen (secondary N) is 1. The van der Waals surface area contributed by atoms with Crippen LogP contribution in [0.5, 0.6) is 5.75 Å². The summed E-state index contributed by atoms with van der Waals surface area (Å²) in [6.07, 6.45) is 0.580. The molecule has 2 aromatic carbocycles. The summed E-state index contributed by atoms with van der Waals surface area (Å²) < 4.78 is 22.7. The van der Waals surface area contributed by atoms with Gasteiger partial charge in [0.05, 0.1) is 28.6 Å². The van der Waals surface area contributed by atoms with E-state index >= 15 is 0 Å². The second-order valence-electron chi connectivity index (χ2n) is 11.4. The smallest absolute Gasteiger partial charge is 0.295 e. The molecular formula is C31H40ClFN4O4. The SMILES string of the molecule is CCOc1cc(F)c(Cl)cc1C(=O)CCC(C)(C)CC(=O)Nc1c(C(C)CN(C)C)n(C)n(-c2ccccc2)c1=O. The lowest BCUT2D eigenvalue weighted by Crippen LogP contribution is -2.27. The summed E-state index contributed by atoms with van der Waals surface area (Å²) in [5.74, 6) is -1.13. The van der Waals surface area contributed by atoms with Gasteiger partial charge < -0.3 is 15.0 Å². The number of para-hydroxylation sites is 1. The summed E-state index contributed by atoms with van der Waals surface area (Å²) in [4.78, 5) is 42.0. The molecule has 1 unspecified atom stereocenters. The number of aromatic nitrogens is 2. The molecule has 0 aliphatic heterocycles. The van der Waals surface area contributed by atoms with Crippen LogP contribution >= 0.6 is 11.6 Å². The predicted molar refractivity (Wildman–Crippen MR) is 161 cm³/mol. The molecule has 0 aliphatic carbocycles. The van der Waals surface area contributed by atoms with Crippen LogP contribution in [0.25, 0.3) is 5.69 Å². The number of halogens is 2. The number of anilines is 1. The predicted octanol–water partition coefficient (Wildman–Crippen LogP) is 6.05. The van der Waals surface area contributed by atoms with Crippen LogP contribution in [0.2, 0.25) is 5.02 Å². The monoisotopic (exact) mass is 586 g/mol. The van der Waals surface area contributed by atoms with Gasteiger partial charge in [0.25, 0.3) is 5.56 Å². The van der Waals surface area contributed by atoms with E-state index in [9.17, 15) is 18.8 Å². The molecule has 0 spiro atoms. The molecule has 1 heterocycles. The summed E-state index contributed by atoms with van der Waals surface area (Å²) in [5, 5.41) is 2.75. The average Bonchev–Trinajstić information content (AvgIpc) is 3.13. The molecule has 1 atom stereocenters. The number of carbonyl (C=O) groups is 2. The van der Waals surface area contributed by atoms with Gasteiger partial charge in [0, 0.05) is 38.4 Å². The van der Waals surface area contributed by atoms with Crippen molar-refractivity contribution in [3.8, 4) is 11.4 Å². The molecule has 3 rings (SSSR count). The highest BCUT2D eigenvalue weighted by Crippen LogP contribution is 2.32. The van der Waals surface area contributed by atoms with Gasteiger partial charge in [0.1, 0.15) is 17.3 Å². The maximum absolute atomic E-state index is 13.9. The molecular weight excluding hydrogens is 547 g/mol. The van der Waals surface area contributed by atoms with Crippen LogP contribution in [0.3, 0.4) is 0 Å². The van der Waals surface area contributed by atoms with Crippen molar-refractivity contribution in [2.75, 3.05) is 32.6 Å². The van der Waals surface area contributed by atoms with Gasteiger partial charge in [-0.05, 0) is 51.1 Å². The van der Waals surface area contributed by atoms with Gasteiger partial charge in [-0.25, -0.2) is 9.07 Å². The number of ether oxygens (including phenoxy) is 1. The fourth-order valence-electron chi connectivity index (χ4n) is 5.11. The number of nitrogens with zero attached hydrogens (tertiary/aromatic N) is 3. The summed E-state index contributed by atoms with van der Waals surface area (Å²) in [7, 11) is 5.74. The largest absolute Gasteiger partial charge is 0.493 e. The van der Waals surface area contributed by atoms with Gasteiger partial charge >= 0.3 is 0 Å². The van der Waals surface area contributed by atoms with E-state index in [1.807, 2.05) is 77.1 Å². The number of hydrogen-bond donors (Lipinski definition) is 1. The summed E-state index contributed by atoms with van der Waals surface area (Å²) in [6, 6.07) is 11.7. The number of rotatable bonds is 13. The lowest BCUT2D eigenvalue weighted by Gasteiger charge is -2.24. The van der Waals surface area contributed by atoms with E-state index in [0.29, 0.717) is 18.7 Å². The molecule has 222 valence electrons. The molecule has 0 bridgehead atoms. The maximum atomic E-state index is 13.9. The van der Waals surface area contributed by atoms with Gasteiger partial charge in [-0.2, -0.15) is 0 Å². The Bertz CT molecular complexity index is 1450. The highest BCUT2D eigenvalue weighted by atomic mass is 35.5. The minimum atomic E-state index is -0.657. The minimum absolute atomic E-state index is 0.0457. The van der Waals surface area contributed by atoms with Gasteiger partial charge in [0.15, 0.2) is 5.78 Å². The average molecular weight is 587 g/mol. The van der Waals surface area contributed by atoms with E-state index in [0.717, 1.165) is 11.8 Å². The third-order valence-electron chi connectivity index (χ3n) is 6.97. The second-order valence-corrected chi connectivity index (χ2v) is 11.8. The highest BCUT2D eigenvalue weighted by molar-refractivity contribution is 6.31. The quantitative estimate of drug-likeness (QED) is 0.246. The van der Waals surface area contributed by atoms with Crippen LogP contribution < -0.4 is 15.6 Å². The standard InChI is InChI=1S/C31H40ClFN4O4/c1-8-41-26-17-24(33)23(32)16-22(26)25(38)14-15-31(3,4)18-27(39)34-28-29(20(2)19-35(5)6)36(7)37(30(28)40)21-12-10-9-11-13-21/h9-13,16-17,20H,8,14-15,18-19H2,1-7H3,(H,34,39). The number of benzene rings is 2. The first-order valence-electron chi connectivity index (χ1n) is 13.7. The number of hydrogen-bond acceptors (Lipinski definition) is 5. The molecule has 0 fully saturated rings. The highest BCUT2D eigenvalue weighted by Gasteiger charge is 2.29. The Kier molecular flexibility index (Phi) is 10.6. The number of likely N-dealkylation sites (N-methyl/N-ethyl adjacent to an activating group) is 1. The van der Waals surface area contributed by atoms with Gasteiger partial charge in [-0.3, -0.25) is 19.1 Å². The first kappa shape index (κ1) is 32.1. The molecule has 8 nitrogen and oxygen atoms in total. The van der Waals surface area contributed by atoms with E-state index < -0.39 is 11.2 Å². The molecule has 41 heavy (non-hydrogen) atoms. The van der Waals surface area contributed by atoms with Crippen molar-refractivity contribution >= 4 is 29.0 Å². The van der Waals surface area contributed by atoms with E-state index in [2.05, 4.69) is 5.32 Å². The third kappa shape index (κ3) is 7.86. The topological polar surface area (TPSA) is 85.6 Å². The summed E-state index contributed by atoms with van der Waals surface area (Å²) >= 11 is 5.93. The van der Waals surface area contributed by atoms with Crippen molar-refractivity contribution in [1.29, 1.82) is 0 Å². The molecule has 10 heteroatoms. The number of ketones is 1. The maximum Gasteiger partial charge on any atom is 0.295 e. The molecule has 3 aromatic rings. The zero-order valence-corrected chi connectivity index (χ0v) is 25.6. The van der Waals surface area contributed by atoms with Crippen molar-refractivity contribution in [3.63, 3.8) is 0 Å². The fourth-order valence-corrected chi connectivity index (χ4v) is 5.28. The molecule has 0 radical (unpaired) electrons. The van der Waals surface area contributed by atoms with Gasteiger partial charge in [0.2, 0.25) is 5.91 Å². The lowest BCUT2D eigenvalue weighted by atomic mass is 9.82. The first-order valence-corrected chi connectivity index (χ1v) is 14.1.